The Balaban J connectivity index is 1.89. The van der Waals surface area contributed by atoms with Crippen LogP contribution in [0, 0.1) is 0 Å². The standard InChI is InChI=1S/C24H26N2O/c1-4-23(27)26-16-20-8-5-6-9-21(20)25-15-7-10-22(25)24(26)19-13-11-18(12-14-19)17(2)3/h5-15,17,24H,4,16H2,1-3H3. The molecule has 0 N–H and O–H groups in total. The molecule has 0 fully saturated rings. The Kier molecular flexibility index (Phi) is 4.61. The number of aromatic nitrogens is 1. The fraction of sp³-hybridized carbons (Fsp3) is 0.292. The van der Waals surface area contributed by atoms with E-state index in [1.807, 2.05) is 17.9 Å². The van der Waals surface area contributed by atoms with Crippen LogP contribution in [0.2, 0.25) is 0 Å². The molecule has 27 heavy (non-hydrogen) atoms. The van der Waals surface area contributed by atoms with Gasteiger partial charge in [0.05, 0.1) is 11.7 Å². The number of para-hydroxylation sites is 1. The maximum atomic E-state index is 12.9. The predicted octanol–water partition coefficient (Wildman–Crippen LogP) is 5.44. The van der Waals surface area contributed by atoms with Crippen LogP contribution in [0.25, 0.3) is 5.69 Å². The van der Waals surface area contributed by atoms with Crippen molar-refractivity contribution < 1.29 is 4.79 Å². The average molecular weight is 358 g/mol. The Labute approximate surface area is 161 Å². The van der Waals surface area contributed by atoms with Crippen molar-refractivity contribution in [2.75, 3.05) is 0 Å². The smallest absolute Gasteiger partial charge is 0.223 e. The summed E-state index contributed by atoms with van der Waals surface area (Å²) in [6.45, 7) is 6.98. The highest BCUT2D eigenvalue weighted by Gasteiger charge is 2.32. The number of nitrogens with zero attached hydrogens (tertiary/aromatic N) is 2. The van der Waals surface area contributed by atoms with Gasteiger partial charge in [0.2, 0.25) is 5.91 Å². The van der Waals surface area contributed by atoms with Crippen molar-refractivity contribution in [2.45, 2.75) is 45.7 Å². The highest BCUT2D eigenvalue weighted by molar-refractivity contribution is 5.77. The number of fused-ring (bicyclic) bond motifs is 3. The minimum atomic E-state index is -0.0823. The molecule has 1 amide bonds. The Hall–Kier alpha value is -2.81. The first kappa shape index (κ1) is 17.6. The van der Waals surface area contributed by atoms with Crippen LogP contribution in [0.5, 0.6) is 0 Å². The molecule has 1 atom stereocenters. The number of rotatable bonds is 3. The van der Waals surface area contributed by atoms with Gasteiger partial charge in [0.1, 0.15) is 0 Å². The summed E-state index contributed by atoms with van der Waals surface area (Å²) in [5, 5.41) is 0. The van der Waals surface area contributed by atoms with Gasteiger partial charge in [-0.2, -0.15) is 0 Å². The molecule has 1 aliphatic heterocycles. The van der Waals surface area contributed by atoms with Gasteiger partial charge >= 0.3 is 0 Å². The van der Waals surface area contributed by atoms with Crippen LogP contribution in [0.4, 0.5) is 0 Å². The molecule has 4 rings (SSSR count). The van der Waals surface area contributed by atoms with Gasteiger partial charge in [-0.25, -0.2) is 0 Å². The lowest BCUT2D eigenvalue weighted by molar-refractivity contribution is -0.133. The molecular formula is C24H26N2O. The summed E-state index contributed by atoms with van der Waals surface area (Å²) in [7, 11) is 0. The molecule has 2 heterocycles. The van der Waals surface area contributed by atoms with Crippen molar-refractivity contribution in [3.8, 4) is 5.69 Å². The normalized spacial score (nSPS) is 16.0. The van der Waals surface area contributed by atoms with Crippen molar-refractivity contribution in [1.82, 2.24) is 9.47 Å². The Bertz CT molecular complexity index is 953. The van der Waals surface area contributed by atoms with Crippen molar-refractivity contribution in [2.24, 2.45) is 0 Å². The molecule has 1 aromatic heterocycles. The summed E-state index contributed by atoms with van der Waals surface area (Å²) < 4.78 is 2.24. The van der Waals surface area contributed by atoms with E-state index < -0.39 is 0 Å². The van der Waals surface area contributed by atoms with Crippen LogP contribution in [0.3, 0.4) is 0 Å². The van der Waals surface area contributed by atoms with Gasteiger partial charge in [-0.15, -0.1) is 0 Å². The fourth-order valence-electron chi connectivity index (χ4n) is 4.00. The van der Waals surface area contributed by atoms with Gasteiger partial charge in [0, 0.05) is 24.9 Å². The third-order valence-corrected chi connectivity index (χ3v) is 5.51. The largest absolute Gasteiger partial charge is 0.326 e. The zero-order valence-electron chi connectivity index (χ0n) is 16.2. The van der Waals surface area contributed by atoms with Crippen LogP contribution < -0.4 is 0 Å². The maximum Gasteiger partial charge on any atom is 0.223 e. The third kappa shape index (κ3) is 3.08. The number of amides is 1. The molecule has 3 nitrogen and oxygen atoms in total. The first-order valence-corrected chi connectivity index (χ1v) is 9.75. The van der Waals surface area contributed by atoms with E-state index in [0.717, 1.165) is 16.9 Å². The SMILES string of the molecule is CCC(=O)N1Cc2ccccc2-n2cccc2C1c1ccc(C(C)C)cc1. The summed E-state index contributed by atoms with van der Waals surface area (Å²) >= 11 is 0. The molecule has 0 saturated carbocycles. The van der Waals surface area contributed by atoms with Crippen LogP contribution >= 0.6 is 0 Å². The van der Waals surface area contributed by atoms with Crippen molar-refractivity contribution in [3.05, 3.63) is 89.2 Å². The molecule has 2 aromatic carbocycles. The molecule has 0 aliphatic carbocycles. The second-order valence-corrected chi connectivity index (χ2v) is 7.53. The molecule has 3 heteroatoms. The lowest BCUT2D eigenvalue weighted by Crippen LogP contribution is -2.34. The van der Waals surface area contributed by atoms with Gasteiger partial charge in [-0.05, 0) is 40.8 Å². The lowest BCUT2D eigenvalue weighted by Gasteiger charge is -2.31. The topological polar surface area (TPSA) is 25.2 Å². The van der Waals surface area contributed by atoms with E-state index in [1.54, 1.807) is 0 Å². The minimum absolute atomic E-state index is 0.0823. The van der Waals surface area contributed by atoms with E-state index >= 15 is 0 Å². The third-order valence-electron chi connectivity index (χ3n) is 5.51. The fourth-order valence-corrected chi connectivity index (χ4v) is 4.00. The molecule has 1 aliphatic rings. The van der Waals surface area contributed by atoms with E-state index in [0.29, 0.717) is 18.9 Å². The molecule has 3 aromatic rings. The monoisotopic (exact) mass is 358 g/mol. The molecular weight excluding hydrogens is 332 g/mol. The highest BCUT2D eigenvalue weighted by atomic mass is 16.2. The lowest BCUT2D eigenvalue weighted by atomic mass is 9.96. The number of carbonyl (C=O) groups excluding carboxylic acids is 1. The molecule has 0 bridgehead atoms. The first-order valence-electron chi connectivity index (χ1n) is 9.75. The number of benzene rings is 2. The Morgan fingerprint density at radius 1 is 1.04 bits per heavy atom. The number of hydrogen-bond donors (Lipinski definition) is 0. The van der Waals surface area contributed by atoms with E-state index in [2.05, 4.69) is 79.2 Å². The van der Waals surface area contributed by atoms with Crippen LogP contribution in [0.15, 0.2) is 66.9 Å². The average Bonchev–Trinajstić information content (AvgIpc) is 3.12. The quantitative estimate of drug-likeness (QED) is 0.612. The van der Waals surface area contributed by atoms with Crippen molar-refractivity contribution in [3.63, 3.8) is 0 Å². The summed E-state index contributed by atoms with van der Waals surface area (Å²) in [5.74, 6) is 0.673. The number of hydrogen-bond acceptors (Lipinski definition) is 1. The van der Waals surface area contributed by atoms with E-state index in [-0.39, 0.29) is 11.9 Å². The van der Waals surface area contributed by atoms with Crippen LogP contribution in [0.1, 0.15) is 61.5 Å². The number of carbonyl (C=O) groups is 1. The summed E-state index contributed by atoms with van der Waals surface area (Å²) in [5.41, 5.74) is 5.96. The maximum absolute atomic E-state index is 12.9. The molecule has 0 radical (unpaired) electrons. The highest BCUT2D eigenvalue weighted by Crippen LogP contribution is 2.37. The van der Waals surface area contributed by atoms with Crippen LogP contribution in [-0.2, 0) is 11.3 Å². The Morgan fingerprint density at radius 3 is 2.48 bits per heavy atom. The second-order valence-electron chi connectivity index (χ2n) is 7.53. The van der Waals surface area contributed by atoms with Crippen LogP contribution in [-0.4, -0.2) is 15.4 Å². The summed E-state index contributed by atoms with van der Waals surface area (Å²) in [6.07, 6.45) is 2.60. The van der Waals surface area contributed by atoms with E-state index in [4.69, 9.17) is 0 Å². The zero-order valence-corrected chi connectivity index (χ0v) is 16.2. The zero-order chi connectivity index (χ0) is 19.0. The van der Waals surface area contributed by atoms with Gasteiger partial charge in [0.25, 0.3) is 0 Å². The van der Waals surface area contributed by atoms with Gasteiger partial charge in [0.15, 0.2) is 0 Å². The molecule has 0 saturated heterocycles. The second kappa shape index (κ2) is 7.07. The van der Waals surface area contributed by atoms with Gasteiger partial charge < -0.3 is 9.47 Å². The van der Waals surface area contributed by atoms with E-state index in [1.165, 1.54) is 11.1 Å². The Morgan fingerprint density at radius 2 is 1.78 bits per heavy atom. The minimum Gasteiger partial charge on any atom is -0.326 e. The molecule has 0 spiro atoms. The summed E-state index contributed by atoms with van der Waals surface area (Å²) in [6, 6.07) is 21.3. The first-order chi connectivity index (χ1) is 13.1. The molecule has 138 valence electrons. The van der Waals surface area contributed by atoms with E-state index in [9.17, 15) is 4.79 Å². The van der Waals surface area contributed by atoms with Crippen molar-refractivity contribution >= 4 is 5.91 Å². The molecule has 1 unspecified atom stereocenters. The summed E-state index contributed by atoms with van der Waals surface area (Å²) in [4.78, 5) is 15.0. The van der Waals surface area contributed by atoms with Gasteiger partial charge in [-0.1, -0.05) is 63.2 Å². The van der Waals surface area contributed by atoms with Crippen molar-refractivity contribution in [1.29, 1.82) is 0 Å². The predicted molar refractivity (Wildman–Crippen MR) is 109 cm³/mol. The van der Waals surface area contributed by atoms with Gasteiger partial charge in [-0.3, -0.25) is 4.79 Å².